The average molecular weight is 406 g/mol. The molecule has 0 heterocycles. The van der Waals surface area contributed by atoms with Crippen LogP contribution in [0.4, 0.5) is 5.69 Å². The number of nitrogens with zero attached hydrogens (tertiary/aromatic N) is 2. The molecule has 0 radical (unpaired) electrons. The zero-order chi connectivity index (χ0) is 21.9. The Labute approximate surface area is 177 Å². The van der Waals surface area contributed by atoms with Gasteiger partial charge in [0.1, 0.15) is 0 Å². The Morgan fingerprint density at radius 2 is 1.87 bits per heavy atom. The lowest BCUT2D eigenvalue weighted by atomic mass is 10.1. The molecule has 0 atom stereocenters. The van der Waals surface area contributed by atoms with Crippen molar-refractivity contribution in [2.75, 3.05) is 39.5 Å². The Morgan fingerprint density at radius 1 is 1.10 bits per heavy atom. The van der Waals surface area contributed by atoms with Gasteiger partial charge in [-0.25, -0.2) is 0 Å². The zero-order valence-electron chi connectivity index (χ0n) is 17.5. The molecule has 156 valence electrons. The van der Waals surface area contributed by atoms with E-state index in [1.807, 2.05) is 18.2 Å². The minimum atomic E-state index is -0.206. The SMILES string of the molecule is C#Cc1cccc(NC(=O)CNC(=NC)NCCc2cccc(C(=O)N(C)C)c2)c1. The van der Waals surface area contributed by atoms with Crippen molar-refractivity contribution in [3.8, 4) is 12.3 Å². The maximum Gasteiger partial charge on any atom is 0.253 e. The van der Waals surface area contributed by atoms with E-state index in [-0.39, 0.29) is 18.4 Å². The Bertz CT molecular complexity index is 960. The van der Waals surface area contributed by atoms with Crippen molar-refractivity contribution in [2.45, 2.75) is 6.42 Å². The Balaban J connectivity index is 1.80. The van der Waals surface area contributed by atoms with Crippen molar-refractivity contribution >= 4 is 23.5 Å². The molecule has 30 heavy (non-hydrogen) atoms. The molecule has 2 aromatic rings. The summed E-state index contributed by atoms with van der Waals surface area (Å²) in [5.41, 5.74) is 3.05. The van der Waals surface area contributed by atoms with E-state index in [1.54, 1.807) is 56.4 Å². The lowest BCUT2D eigenvalue weighted by Gasteiger charge is -2.13. The number of carbonyl (C=O) groups excluding carboxylic acids is 2. The fourth-order valence-corrected chi connectivity index (χ4v) is 2.72. The number of aliphatic imine (C=N–C) groups is 1. The molecular formula is C23H27N5O2. The normalized spacial score (nSPS) is 10.7. The Morgan fingerprint density at radius 3 is 2.57 bits per heavy atom. The molecule has 0 saturated heterocycles. The Kier molecular flexibility index (Phi) is 8.45. The molecule has 0 aliphatic rings. The predicted octanol–water partition coefficient (Wildman–Crippen LogP) is 1.72. The molecule has 0 saturated carbocycles. The second-order valence-electron chi connectivity index (χ2n) is 6.78. The van der Waals surface area contributed by atoms with Crippen molar-refractivity contribution in [2.24, 2.45) is 4.99 Å². The summed E-state index contributed by atoms with van der Waals surface area (Å²) in [7, 11) is 5.10. The monoisotopic (exact) mass is 405 g/mol. The average Bonchev–Trinajstić information content (AvgIpc) is 2.75. The summed E-state index contributed by atoms with van der Waals surface area (Å²) in [5, 5.41) is 8.93. The molecule has 0 unspecified atom stereocenters. The van der Waals surface area contributed by atoms with Crippen LogP contribution < -0.4 is 16.0 Å². The van der Waals surface area contributed by atoms with E-state index in [1.165, 1.54) is 0 Å². The first kappa shape index (κ1) is 22.5. The van der Waals surface area contributed by atoms with Crippen LogP contribution in [0.3, 0.4) is 0 Å². The van der Waals surface area contributed by atoms with Gasteiger partial charge in [-0.2, -0.15) is 0 Å². The molecule has 2 rings (SSSR count). The number of hydrogen-bond acceptors (Lipinski definition) is 3. The molecule has 7 heteroatoms. The van der Waals surface area contributed by atoms with E-state index in [2.05, 4.69) is 26.9 Å². The number of guanidine groups is 1. The number of anilines is 1. The smallest absolute Gasteiger partial charge is 0.253 e. The van der Waals surface area contributed by atoms with Crippen LogP contribution in [0.2, 0.25) is 0 Å². The summed E-state index contributed by atoms with van der Waals surface area (Å²) in [4.78, 5) is 29.9. The second-order valence-corrected chi connectivity index (χ2v) is 6.78. The molecule has 2 aromatic carbocycles. The molecule has 0 aliphatic carbocycles. The summed E-state index contributed by atoms with van der Waals surface area (Å²) >= 11 is 0. The van der Waals surface area contributed by atoms with E-state index >= 15 is 0 Å². The van der Waals surface area contributed by atoms with E-state index < -0.39 is 0 Å². The van der Waals surface area contributed by atoms with Gasteiger partial charge in [-0.15, -0.1) is 6.42 Å². The number of terminal acetylenes is 1. The fraction of sp³-hybridized carbons (Fsp3) is 0.261. The topological polar surface area (TPSA) is 85.8 Å². The number of carbonyl (C=O) groups is 2. The molecule has 0 aliphatic heterocycles. The van der Waals surface area contributed by atoms with Crippen molar-refractivity contribution < 1.29 is 9.59 Å². The van der Waals surface area contributed by atoms with Crippen molar-refractivity contribution in [3.63, 3.8) is 0 Å². The van der Waals surface area contributed by atoms with Gasteiger partial charge in [-0.05, 0) is 42.3 Å². The molecule has 3 N–H and O–H groups in total. The van der Waals surface area contributed by atoms with Gasteiger partial charge < -0.3 is 20.9 Å². The summed E-state index contributed by atoms with van der Waals surface area (Å²) < 4.78 is 0. The number of nitrogens with one attached hydrogen (secondary N) is 3. The molecule has 0 spiro atoms. The van der Waals surface area contributed by atoms with Gasteiger partial charge in [-0.1, -0.05) is 24.1 Å². The van der Waals surface area contributed by atoms with Crippen LogP contribution in [0.25, 0.3) is 0 Å². The summed E-state index contributed by atoms with van der Waals surface area (Å²) in [6.07, 6.45) is 6.08. The number of benzene rings is 2. The summed E-state index contributed by atoms with van der Waals surface area (Å²) in [6, 6.07) is 14.6. The number of rotatable bonds is 7. The van der Waals surface area contributed by atoms with Gasteiger partial charge in [0.25, 0.3) is 5.91 Å². The maximum atomic E-state index is 12.1. The standard InChI is InChI=1S/C23H27N5O2/c1-5-17-8-7-11-20(15-17)27-21(29)16-26-23(24-2)25-13-12-18-9-6-10-19(14-18)22(30)28(3)4/h1,6-11,14-15H,12-13,16H2,2-4H3,(H,27,29)(H2,24,25,26). The van der Waals surface area contributed by atoms with Crippen molar-refractivity contribution in [3.05, 3.63) is 65.2 Å². The minimum absolute atomic E-state index is 0.0268. The minimum Gasteiger partial charge on any atom is -0.356 e. The van der Waals surface area contributed by atoms with E-state index in [9.17, 15) is 9.59 Å². The van der Waals surface area contributed by atoms with Gasteiger partial charge >= 0.3 is 0 Å². The van der Waals surface area contributed by atoms with Crippen molar-refractivity contribution in [1.82, 2.24) is 15.5 Å². The van der Waals surface area contributed by atoms with Gasteiger partial charge in [-0.3, -0.25) is 14.6 Å². The highest BCUT2D eigenvalue weighted by Gasteiger charge is 2.08. The first-order valence-electron chi connectivity index (χ1n) is 9.54. The number of hydrogen-bond donors (Lipinski definition) is 3. The van der Waals surface area contributed by atoms with Crippen LogP contribution >= 0.6 is 0 Å². The van der Waals surface area contributed by atoms with Gasteiger partial charge in [0.2, 0.25) is 5.91 Å². The molecule has 2 amide bonds. The third-order valence-corrected chi connectivity index (χ3v) is 4.24. The van der Waals surface area contributed by atoms with E-state index in [4.69, 9.17) is 6.42 Å². The van der Waals surface area contributed by atoms with Crippen LogP contribution in [-0.4, -0.2) is 56.9 Å². The molecule has 0 bridgehead atoms. The highest BCUT2D eigenvalue weighted by Crippen LogP contribution is 2.09. The lowest BCUT2D eigenvalue weighted by Crippen LogP contribution is -2.42. The highest BCUT2D eigenvalue weighted by atomic mass is 16.2. The molecular weight excluding hydrogens is 378 g/mol. The summed E-state index contributed by atoms with van der Waals surface area (Å²) in [5.74, 6) is 2.82. The quantitative estimate of drug-likeness (QED) is 0.372. The van der Waals surface area contributed by atoms with Gasteiger partial charge in [0.15, 0.2) is 5.96 Å². The van der Waals surface area contributed by atoms with Gasteiger partial charge in [0, 0.05) is 44.5 Å². The van der Waals surface area contributed by atoms with Crippen LogP contribution in [0.15, 0.2) is 53.5 Å². The van der Waals surface area contributed by atoms with E-state index in [0.29, 0.717) is 35.7 Å². The third-order valence-electron chi connectivity index (χ3n) is 4.24. The first-order valence-corrected chi connectivity index (χ1v) is 9.54. The van der Waals surface area contributed by atoms with Crippen LogP contribution in [-0.2, 0) is 11.2 Å². The maximum absolute atomic E-state index is 12.1. The largest absolute Gasteiger partial charge is 0.356 e. The number of amides is 2. The van der Waals surface area contributed by atoms with Gasteiger partial charge in [0.05, 0.1) is 6.54 Å². The molecule has 7 nitrogen and oxygen atoms in total. The van der Waals surface area contributed by atoms with Crippen LogP contribution in [0.1, 0.15) is 21.5 Å². The van der Waals surface area contributed by atoms with Crippen LogP contribution in [0.5, 0.6) is 0 Å². The first-order chi connectivity index (χ1) is 14.4. The van der Waals surface area contributed by atoms with Crippen LogP contribution in [0, 0.1) is 12.3 Å². The lowest BCUT2D eigenvalue weighted by molar-refractivity contribution is -0.115. The molecule has 0 fully saturated rings. The second kappa shape index (κ2) is 11.3. The van der Waals surface area contributed by atoms with E-state index in [0.717, 1.165) is 5.56 Å². The Hall–Kier alpha value is -3.79. The fourth-order valence-electron chi connectivity index (χ4n) is 2.72. The third kappa shape index (κ3) is 6.99. The van der Waals surface area contributed by atoms with Crippen molar-refractivity contribution in [1.29, 1.82) is 0 Å². The highest BCUT2D eigenvalue weighted by molar-refractivity contribution is 5.95. The zero-order valence-corrected chi connectivity index (χ0v) is 17.5. The molecule has 0 aromatic heterocycles. The predicted molar refractivity (Wildman–Crippen MR) is 121 cm³/mol. The summed E-state index contributed by atoms with van der Waals surface area (Å²) in [6.45, 7) is 0.665.